The van der Waals surface area contributed by atoms with E-state index in [9.17, 15) is 4.79 Å². The summed E-state index contributed by atoms with van der Waals surface area (Å²) in [6, 6.07) is 9.64. The van der Waals surface area contributed by atoms with E-state index in [4.69, 9.17) is 4.74 Å². The topological polar surface area (TPSA) is 26.3 Å². The SMILES string of the molecule is C/C=C/C(C)CC/C(C)=C/OC(=O)Cc1ccccc1. The first kappa shape index (κ1) is 16.2. The third-order valence-electron chi connectivity index (χ3n) is 3.10. The molecule has 0 amide bonds. The summed E-state index contributed by atoms with van der Waals surface area (Å²) >= 11 is 0. The Morgan fingerprint density at radius 1 is 1.30 bits per heavy atom. The molecule has 0 N–H and O–H groups in total. The molecule has 1 rings (SSSR count). The first-order valence-electron chi connectivity index (χ1n) is 7.13. The van der Waals surface area contributed by atoms with Crippen LogP contribution in [0.4, 0.5) is 0 Å². The number of esters is 1. The molecule has 0 radical (unpaired) electrons. The Hall–Kier alpha value is -1.83. The van der Waals surface area contributed by atoms with E-state index < -0.39 is 0 Å². The van der Waals surface area contributed by atoms with Gasteiger partial charge in [0.1, 0.15) is 0 Å². The number of carbonyl (C=O) groups excluding carboxylic acids is 1. The first-order chi connectivity index (χ1) is 9.61. The number of hydrogen-bond donors (Lipinski definition) is 0. The Morgan fingerprint density at radius 2 is 2.00 bits per heavy atom. The average Bonchev–Trinajstić information content (AvgIpc) is 2.44. The Kier molecular flexibility index (Phi) is 7.41. The lowest BCUT2D eigenvalue weighted by Crippen LogP contribution is -2.04. The fraction of sp³-hybridized carbons (Fsp3) is 0.389. The van der Waals surface area contributed by atoms with Gasteiger partial charge in [-0.2, -0.15) is 0 Å². The Morgan fingerprint density at radius 3 is 2.65 bits per heavy atom. The quantitative estimate of drug-likeness (QED) is 0.409. The first-order valence-corrected chi connectivity index (χ1v) is 7.13. The van der Waals surface area contributed by atoms with Gasteiger partial charge >= 0.3 is 5.97 Å². The van der Waals surface area contributed by atoms with Crippen LogP contribution in [-0.4, -0.2) is 5.97 Å². The fourth-order valence-electron chi connectivity index (χ4n) is 1.91. The molecule has 1 atom stereocenters. The van der Waals surface area contributed by atoms with E-state index in [0.29, 0.717) is 12.3 Å². The maximum absolute atomic E-state index is 11.7. The Labute approximate surface area is 122 Å². The van der Waals surface area contributed by atoms with E-state index in [1.165, 1.54) is 0 Å². The summed E-state index contributed by atoms with van der Waals surface area (Å²) in [5.74, 6) is 0.348. The highest BCUT2D eigenvalue weighted by Crippen LogP contribution is 2.13. The molecule has 0 saturated carbocycles. The highest BCUT2D eigenvalue weighted by Gasteiger charge is 2.03. The maximum Gasteiger partial charge on any atom is 0.315 e. The van der Waals surface area contributed by atoms with Crippen LogP contribution in [0.25, 0.3) is 0 Å². The van der Waals surface area contributed by atoms with Crippen LogP contribution in [0.1, 0.15) is 39.2 Å². The third kappa shape index (κ3) is 6.93. The van der Waals surface area contributed by atoms with Gasteiger partial charge in [-0.1, -0.05) is 49.4 Å². The van der Waals surface area contributed by atoms with Crippen molar-refractivity contribution in [1.29, 1.82) is 0 Å². The molecule has 1 unspecified atom stereocenters. The number of hydrogen-bond acceptors (Lipinski definition) is 2. The van der Waals surface area contributed by atoms with Crippen LogP contribution in [0.2, 0.25) is 0 Å². The molecule has 2 nitrogen and oxygen atoms in total. The summed E-state index contributed by atoms with van der Waals surface area (Å²) in [6.45, 7) is 6.22. The normalized spacial score (nSPS) is 13.4. The minimum Gasteiger partial charge on any atom is -0.434 e. The highest BCUT2D eigenvalue weighted by molar-refractivity contribution is 5.73. The minimum absolute atomic E-state index is 0.211. The molecule has 0 heterocycles. The van der Waals surface area contributed by atoms with E-state index in [0.717, 1.165) is 24.0 Å². The third-order valence-corrected chi connectivity index (χ3v) is 3.10. The van der Waals surface area contributed by atoms with Crippen molar-refractivity contribution < 1.29 is 9.53 Å². The molecule has 0 saturated heterocycles. The van der Waals surface area contributed by atoms with Crippen molar-refractivity contribution in [1.82, 2.24) is 0 Å². The van der Waals surface area contributed by atoms with Crippen LogP contribution < -0.4 is 0 Å². The Bertz CT molecular complexity index is 458. The molecule has 2 heteroatoms. The monoisotopic (exact) mass is 272 g/mol. The van der Waals surface area contributed by atoms with Crippen molar-refractivity contribution in [3.05, 3.63) is 59.9 Å². The molecule has 0 aliphatic heterocycles. The second kappa shape index (κ2) is 9.13. The zero-order valence-electron chi connectivity index (χ0n) is 12.6. The van der Waals surface area contributed by atoms with E-state index >= 15 is 0 Å². The van der Waals surface area contributed by atoms with Crippen molar-refractivity contribution in [2.75, 3.05) is 0 Å². The summed E-state index contributed by atoms with van der Waals surface area (Å²) in [7, 11) is 0. The lowest BCUT2D eigenvalue weighted by Gasteiger charge is -2.06. The molecule has 0 spiro atoms. The van der Waals surface area contributed by atoms with Crippen molar-refractivity contribution in [2.24, 2.45) is 5.92 Å². The van der Waals surface area contributed by atoms with Gasteiger partial charge in [-0.05, 0) is 43.7 Å². The molecule has 0 fully saturated rings. The van der Waals surface area contributed by atoms with Crippen LogP contribution in [0, 0.1) is 5.92 Å². The predicted octanol–water partition coefficient (Wildman–Crippen LogP) is 4.67. The van der Waals surface area contributed by atoms with Crippen LogP contribution in [0.3, 0.4) is 0 Å². The van der Waals surface area contributed by atoms with E-state index in [1.54, 1.807) is 6.26 Å². The van der Waals surface area contributed by atoms with E-state index in [2.05, 4.69) is 19.1 Å². The average molecular weight is 272 g/mol. The zero-order chi connectivity index (χ0) is 14.8. The fourth-order valence-corrected chi connectivity index (χ4v) is 1.91. The number of benzene rings is 1. The van der Waals surface area contributed by atoms with Crippen molar-refractivity contribution in [3.63, 3.8) is 0 Å². The van der Waals surface area contributed by atoms with Gasteiger partial charge in [0.05, 0.1) is 12.7 Å². The van der Waals surface area contributed by atoms with Gasteiger partial charge in [-0.3, -0.25) is 4.79 Å². The largest absolute Gasteiger partial charge is 0.434 e. The molecule has 108 valence electrons. The number of allylic oxidation sites excluding steroid dienone is 3. The molecular formula is C18H24O2. The van der Waals surface area contributed by atoms with Gasteiger partial charge in [0.2, 0.25) is 0 Å². The summed E-state index contributed by atoms with van der Waals surface area (Å²) in [6.07, 6.45) is 8.19. The predicted molar refractivity (Wildman–Crippen MR) is 83.2 cm³/mol. The lowest BCUT2D eigenvalue weighted by atomic mass is 10.0. The van der Waals surface area contributed by atoms with Crippen LogP contribution in [-0.2, 0) is 16.0 Å². The van der Waals surface area contributed by atoms with E-state index in [-0.39, 0.29) is 5.97 Å². The van der Waals surface area contributed by atoms with Crippen LogP contribution >= 0.6 is 0 Å². The summed E-state index contributed by atoms with van der Waals surface area (Å²) in [5, 5.41) is 0. The van der Waals surface area contributed by atoms with Gasteiger partial charge in [-0.25, -0.2) is 0 Å². The molecule has 1 aromatic carbocycles. The van der Waals surface area contributed by atoms with Crippen molar-refractivity contribution in [3.8, 4) is 0 Å². The molecule has 0 bridgehead atoms. The van der Waals surface area contributed by atoms with Gasteiger partial charge in [0.15, 0.2) is 0 Å². The van der Waals surface area contributed by atoms with Crippen molar-refractivity contribution in [2.45, 2.75) is 40.0 Å². The molecule has 1 aromatic rings. The Balaban J connectivity index is 2.33. The minimum atomic E-state index is -0.211. The summed E-state index contributed by atoms with van der Waals surface area (Å²) in [5.41, 5.74) is 2.08. The molecule has 0 aliphatic carbocycles. The standard InChI is InChI=1S/C18H24O2/c1-4-8-15(2)11-12-16(3)14-20-18(19)13-17-9-6-5-7-10-17/h4-10,14-15H,11-13H2,1-3H3/b8-4+,16-14+. The molecule has 0 aromatic heterocycles. The number of ether oxygens (including phenoxy) is 1. The number of carbonyl (C=O) groups is 1. The smallest absolute Gasteiger partial charge is 0.315 e. The summed E-state index contributed by atoms with van der Waals surface area (Å²) < 4.78 is 5.18. The lowest BCUT2D eigenvalue weighted by molar-refractivity contribution is -0.137. The van der Waals surface area contributed by atoms with E-state index in [1.807, 2.05) is 44.2 Å². The maximum atomic E-state index is 11.7. The van der Waals surface area contributed by atoms with Crippen LogP contribution in [0.5, 0.6) is 0 Å². The van der Waals surface area contributed by atoms with Crippen LogP contribution in [0.15, 0.2) is 54.3 Å². The highest BCUT2D eigenvalue weighted by atomic mass is 16.5. The molecular weight excluding hydrogens is 248 g/mol. The van der Waals surface area contributed by atoms with Gasteiger partial charge in [-0.15, -0.1) is 0 Å². The second-order valence-electron chi connectivity index (χ2n) is 5.16. The zero-order valence-corrected chi connectivity index (χ0v) is 12.6. The number of rotatable bonds is 7. The molecule has 20 heavy (non-hydrogen) atoms. The van der Waals surface area contributed by atoms with Crippen molar-refractivity contribution >= 4 is 5.97 Å². The van der Waals surface area contributed by atoms with Gasteiger partial charge in [0, 0.05) is 0 Å². The second-order valence-corrected chi connectivity index (χ2v) is 5.16. The molecule has 0 aliphatic rings. The van der Waals surface area contributed by atoms with Gasteiger partial charge < -0.3 is 4.74 Å². The summed E-state index contributed by atoms with van der Waals surface area (Å²) in [4.78, 5) is 11.7. The van der Waals surface area contributed by atoms with Gasteiger partial charge in [0.25, 0.3) is 0 Å².